The molecule has 0 aliphatic heterocycles. The number of hydrogen-bond donors (Lipinski definition) is 0. The van der Waals surface area contributed by atoms with E-state index in [0.717, 1.165) is 4.88 Å². The first-order chi connectivity index (χ1) is 6.06. The van der Waals surface area contributed by atoms with Crippen molar-refractivity contribution in [3.63, 3.8) is 0 Å². The molecule has 1 rings (SSSR count). The molecule has 13 heavy (non-hydrogen) atoms. The fourth-order valence-electron chi connectivity index (χ4n) is 0.937. The molecular formula is C7H9BrN2O2S. The molecule has 0 saturated heterocycles. The summed E-state index contributed by atoms with van der Waals surface area (Å²) in [5.41, 5.74) is 0.671. The van der Waals surface area contributed by atoms with Gasteiger partial charge in [0.15, 0.2) is 0 Å². The Morgan fingerprint density at radius 3 is 2.62 bits per heavy atom. The molecule has 0 spiro atoms. The molecular weight excluding hydrogens is 256 g/mol. The molecule has 1 aromatic heterocycles. The van der Waals surface area contributed by atoms with Crippen LogP contribution in [-0.2, 0) is 5.33 Å². The van der Waals surface area contributed by atoms with Gasteiger partial charge in [0.05, 0.1) is 4.92 Å². The highest BCUT2D eigenvalue weighted by atomic mass is 79.9. The number of anilines is 1. The Balaban J connectivity index is 3.15. The Hall–Kier alpha value is -0.620. The van der Waals surface area contributed by atoms with E-state index in [0.29, 0.717) is 11.0 Å². The van der Waals surface area contributed by atoms with Crippen LogP contribution in [0.5, 0.6) is 0 Å². The van der Waals surface area contributed by atoms with Crippen LogP contribution in [0.1, 0.15) is 4.88 Å². The lowest BCUT2D eigenvalue weighted by molar-refractivity contribution is -0.379. The van der Waals surface area contributed by atoms with Crippen LogP contribution < -0.4 is 4.90 Å². The van der Waals surface area contributed by atoms with E-state index in [9.17, 15) is 10.1 Å². The number of hydrogen-bond acceptors (Lipinski definition) is 4. The van der Waals surface area contributed by atoms with Crippen LogP contribution in [0.25, 0.3) is 0 Å². The largest absolute Gasteiger partial charge is 0.371 e. The van der Waals surface area contributed by atoms with Gasteiger partial charge >= 0.3 is 5.00 Å². The van der Waals surface area contributed by atoms with E-state index in [1.165, 1.54) is 11.3 Å². The lowest BCUT2D eigenvalue weighted by Crippen LogP contribution is -2.08. The Morgan fingerprint density at radius 2 is 2.31 bits per heavy atom. The van der Waals surface area contributed by atoms with Gasteiger partial charge < -0.3 is 4.90 Å². The van der Waals surface area contributed by atoms with Gasteiger partial charge in [-0.15, -0.1) is 0 Å². The molecule has 1 heterocycles. The van der Waals surface area contributed by atoms with Gasteiger partial charge in [0.1, 0.15) is 5.69 Å². The van der Waals surface area contributed by atoms with Crippen molar-refractivity contribution in [2.45, 2.75) is 5.33 Å². The second kappa shape index (κ2) is 4.06. The molecule has 0 aliphatic rings. The van der Waals surface area contributed by atoms with Gasteiger partial charge in [-0.3, -0.25) is 10.1 Å². The van der Waals surface area contributed by atoms with Crippen molar-refractivity contribution in [3.8, 4) is 0 Å². The van der Waals surface area contributed by atoms with Crippen molar-refractivity contribution >= 4 is 38.0 Å². The van der Waals surface area contributed by atoms with Crippen LogP contribution in [-0.4, -0.2) is 19.0 Å². The monoisotopic (exact) mass is 264 g/mol. The Bertz CT molecular complexity index is 324. The SMILES string of the molecule is CN(C)c1cc(CBr)sc1[N+](=O)[O-]. The average Bonchev–Trinajstić information content (AvgIpc) is 2.47. The summed E-state index contributed by atoms with van der Waals surface area (Å²) < 4.78 is 0. The highest BCUT2D eigenvalue weighted by Gasteiger charge is 2.19. The smallest absolute Gasteiger partial charge is 0.347 e. The number of nitro groups is 1. The van der Waals surface area contributed by atoms with Crippen LogP contribution in [0.4, 0.5) is 10.7 Å². The molecule has 0 aromatic carbocycles. The third kappa shape index (κ3) is 2.19. The first-order valence-electron chi connectivity index (χ1n) is 3.56. The maximum absolute atomic E-state index is 10.6. The van der Waals surface area contributed by atoms with E-state index in [-0.39, 0.29) is 9.92 Å². The van der Waals surface area contributed by atoms with Crippen molar-refractivity contribution in [2.75, 3.05) is 19.0 Å². The van der Waals surface area contributed by atoms with Crippen molar-refractivity contribution in [1.29, 1.82) is 0 Å². The van der Waals surface area contributed by atoms with Gasteiger partial charge in [-0.25, -0.2) is 0 Å². The minimum absolute atomic E-state index is 0.208. The van der Waals surface area contributed by atoms with Gasteiger partial charge in [0.2, 0.25) is 0 Å². The topological polar surface area (TPSA) is 46.4 Å². The molecule has 0 radical (unpaired) electrons. The van der Waals surface area contributed by atoms with E-state index in [1.54, 1.807) is 19.0 Å². The van der Waals surface area contributed by atoms with Crippen molar-refractivity contribution in [2.24, 2.45) is 0 Å². The lowest BCUT2D eigenvalue weighted by Gasteiger charge is -2.07. The van der Waals surface area contributed by atoms with Crippen molar-refractivity contribution in [3.05, 3.63) is 21.1 Å². The van der Waals surface area contributed by atoms with E-state index in [1.807, 2.05) is 6.07 Å². The molecule has 0 N–H and O–H groups in total. The number of alkyl halides is 1. The van der Waals surface area contributed by atoms with Gasteiger partial charge in [0.25, 0.3) is 0 Å². The fourth-order valence-corrected chi connectivity index (χ4v) is 2.34. The van der Waals surface area contributed by atoms with E-state index in [4.69, 9.17) is 0 Å². The summed E-state index contributed by atoms with van der Waals surface area (Å²) in [4.78, 5) is 13.0. The number of halogens is 1. The molecule has 0 aliphatic carbocycles. The molecule has 0 bridgehead atoms. The third-order valence-electron chi connectivity index (χ3n) is 1.52. The van der Waals surface area contributed by atoms with Crippen molar-refractivity contribution in [1.82, 2.24) is 0 Å². The zero-order valence-electron chi connectivity index (χ0n) is 7.28. The van der Waals surface area contributed by atoms with Gasteiger partial charge in [-0.1, -0.05) is 27.3 Å². The molecule has 4 nitrogen and oxygen atoms in total. The minimum Gasteiger partial charge on any atom is -0.371 e. The van der Waals surface area contributed by atoms with Crippen LogP contribution in [0.15, 0.2) is 6.07 Å². The van der Waals surface area contributed by atoms with Gasteiger partial charge in [-0.05, 0) is 6.07 Å². The summed E-state index contributed by atoms with van der Waals surface area (Å²) in [5.74, 6) is 0. The second-order valence-electron chi connectivity index (χ2n) is 2.69. The Kier molecular flexibility index (Phi) is 3.27. The fraction of sp³-hybridized carbons (Fsp3) is 0.429. The standard InChI is InChI=1S/C7H9BrN2O2S/c1-9(2)6-3-5(4-8)13-7(6)10(11)12/h3H,4H2,1-2H3. The maximum Gasteiger partial charge on any atom is 0.347 e. The molecule has 0 fully saturated rings. The second-order valence-corrected chi connectivity index (χ2v) is 4.36. The van der Waals surface area contributed by atoms with Crippen LogP contribution in [0.3, 0.4) is 0 Å². The first-order valence-corrected chi connectivity index (χ1v) is 5.50. The predicted octanol–water partition coefficient (Wildman–Crippen LogP) is 2.62. The highest BCUT2D eigenvalue weighted by molar-refractivity contribution is 9.08. The highest BCUT2D eigenvalue weighted by Crippen LogP contribution is 2.37. The first kappa shape index (κ1) is 10.5. The van der Waals surface area contributed by atoms with Crippen molar-refractivity contribution < 1.29 is 4.92 Å². The predicted molar refractivity (Wildman–Crippen MR) is 57.9 cm³/mol. The lowest BCUT2D eigenvalue weighted by atomic mass is 10.4. The summed E-state index contributed by atoms with van der Waals surface area (Å²) in [7, 11) is 3.60. The van der Waals surface area contributed by atoms with E-state index in [2.05, 4.69) is 15.9 Å². The quantitative estimate of drug-likeness (QED) is 0.479. The molecule has 0 saturated carbocycles. The zero-order valence-corrected chi connectivity index (χ0v) is 9.68. The van der Waals surface area contributed by atoms with E-state index < -0.39 is 0 Å². The average molecular weight is 265 g/mol. The molecule has 72 valence electrons. The third-order valence-corrected chi connectivity index (χ3v) is 3.58. The maximum atomic E-state index is 10.6. The Labute approximate surface area is 88.4 Å². The number of rotatable bonds is 3. The molecule has 0 atom stereocenters. The summed E-state index contributed by atoms with van der Waals surface area (Å²) in [6.07, 6.45) is 0. The zero-order chi connectivity index (χ0) is 10.0. The summed E-state index contributed by atoms with van der Waals surface area (Å²) in [5, 5.41) is 11.5. The van der Waals surface area contributed by atoms with Gasteiger partial charge in [0, 0.05) is 24.3 Å². The summed E-state index contributed by atoms with van der Waals surface area (Å²) in [6, 6.07) is 1.83. The van der Waals surface area contributed by atoms with Crippen LogP contribution >= 0.6 is 27.3 Å². The number of thiophene rings is 1. The van der Waals surface area contributed by atoms with Crippen LogP contribution in [0, 0.1) is 10.1 Å². The van der Waals surface area contributed by atoms with Crippen LogP contribution in [0.2, 0.25) is 0 Å². The summed E-state index contributed by atoms with van der Waals surface area (Å²) >= 11 is 4.48. The molecule has 6 heteroatoms. The molecule has 0 unspecified atom stereocenters. The Morgan fingerprint density at radius 1 is 1.69 bits per heavy atom. The van der Waals surface area contributed by atoms with Gasteiger partial charge in [-0.2, -0.15) is 0 Å². The normalized spacial score (nSPS) is 10.1. The molecule has 1 aromatic rings. The molecule has 0 amide bonds. The number of nitrogens with zero attached hydrogens (tertiary/aromatic N) is 2. The van der Waals surface area contributed by atoms with E-state index >= 15 is 0 Å². The summed E-state index contributed by atoms with van der Waals surface area (Å²) in [6.45, 7) is 0. The minimum atomic E-state index is -0.341.